The van der Waals surface area contributed by atoms with E-state index in [0.29, 0.717) is 0 Å². The van der Waals surface area contributed by atoms with E-state index in [1.165, 1.54) is 5.39 Å². The van der Waals surface area contributed by atoms with Crippen LogP contribution in [0.2, 0.25) is 0 Å². The molecule has 0 saturated heterocycles. The van der Waals surface area contributed by atoms with Crippen LogP contribution in [0.4, 0.5) is 0 Å². The minimum Gasteiger partial charge on any atom is -0.266 e. The van der Waals surface area contributed by atoms with Gasteiger partial charge >= 0.3 is 0 Å². The van der Waals surface area contributed by atoms with E-state index in [1.807, 2.05) is 30.9 Å². The molecule has 0 bridgehead atoms. The predicted molar refractivity (Wildman–Crippen MR) is 43.2 cm³/mol. The number of pyridine rings is 1. The quantitative estimate of drug-likeness (QED) is 0.562. The molecule has 11 heavy (non-hydrogen) atoms. The van der Waals surface area contributed by atoms with Crippen molar-refractivity contribution in [3.63, 3.8) is 0 Å². The predicted octanol–water partition coefficient (Wildman–Crippen LogP) is 1.28. The third kappa shape index (κ3) is 0.808. The number of aromatic nitrogens is 3. The summed E-state index contributed by atoms with van der Waals surface area (Å²) in [4.78, 5) is 4.03. The summed E-state index contributed by atoms with van der Waals surface area (Å²) in [6, 6.07) is 1.98. The molecule has 0 fully saturated rings. The minimum absolute atomic E-state index is 1.06. The lowest BCUT2D eigenvalue weighted by molar-refractivity contribution is 0.782. The van der Waals surface area contributed by atoms with Gasteiger partial charge in [0.05, 0.1) is 17.4 Å². The van der Waals surface area contributed by atoms with Gasteiger partial charge < -0.3 is 0 Å². The first-order valence-corrected chi connectivity index (χ1v) is 3.52. The Labute approximate surface area is 64.7 Å². The van der Waals surface area contributed by atoms with Crippen LogP contribution in [0.15, 0.2) is 18.5 Å². The summed E-state index contributed by atoms with van der Waals surface area (Å²) in [5, 5.41) is 5.45. The van der Waals surface area contributed by atoms with Gasteiger partial charge in [0.15, 0.2) is 0 Å². The van der Waals surface area contributed by atoms with Crippen molar-refractivity contribution in [2.45, 2.75) is 6.92 Å². The molecular formula is C8H9N3. The Bertz CT molecular complexity index is 353. The van der Waals surface area contributed by atoms with Crippen molar-refractivity contribution in [2.24, 2.45) is 7.05 Å². The molecule has 56 valence electrons. The van der Waals surface area contributed by atoms with Crippen LogP contribution >= 0.6 is 0 Å². The summed E-state index contributed by atoms with van der Waals surface area (Å²) in [5.41, 5.74) is 2.15. The Balaban J connectivity index is 2.95. The maximum Gasteiger partial charge on any atom is 0.0865 e. The van der Waals surface area contributed by atoms with Gasteiger partial charge in [-0.3, -0.25) is 9.67 Å². The standard InChI is InChI=1S/C8H9N3/c1-6-7-3-4-9-5-8(7)11(2)10-6/h3-5H,1-2H3. The summed E-state index contributed by atoms with van der Waals surface area (Å²) in [5.74, 6) is 0. The van der Waals surface area contributed by atoms with Crippen LogP contribution in [-0.4, -0.2) is 14.8 Å². The average molecular weight is 147 g/mol. The van der Waals surface area contributed by atoms with E-state index >= 15 is 0 Å². The van der Waals surface area contributed by atoms with E-state index in [1.54, 1.807) is 6.20 Å². The Kier molecular flexibility index (Phi) is 1.18. The lowest BCUT2D eigenvalue weighted by atomic mass is 10.3. The van der Waals surface area contributed by atoms with Crippen molar-refractivity contribution >= 4 is 10.9 Å². The van der Waals surface area contributed by atoms with Crippen molar-refractivity contribution in [3.05, 3.63) is 24.2 Å². The molecule has 0 saturated carbocycles. The van der Waals surface area contributed by atoms with Gasteiger partial charge in [-0.2, -0.15) is 5.10 Å². The highest BCUT2D eigenvalue weighted by atomic mass is 15.3. The third-order valence-electron chi connectivity index (χ3n) is 1.84. The molecule has 2 aromatic rings. The van der Waals surface area contributed by atoms with Crippen LogP contribution in [0.1, 0.15) is 5.69 Å². The number of rotatable bonds is 0. The summed E-state index contributed by atoms with van der Waals surface area (Å²) in [7, 11) is 1.93. The van der Waals surface area contributed by atoms with Crippen molar-refractivity contribution in [1.82, 2.24) is 14.8 Å². The largest absolute Gasteiger partial charge is 0.266 e. The summed E-state index contributed by atoms with van der Waals surface area (Å²) < 4.78 is 1.84. The van der Waals surface area contributed by atoms with Gasteiger partial charge in [0.25, 0.3) is 0 Å². The normalized spacial score (nSPS) is 10.7. The zero-order chi connectivity index (χ0) is 7.84. The van der Waals surface area contributed by atoms with Crippen molar-refractivity contribution in [2.75, 3.05) is 0 Å². The van der Waals surface area contributed by atoms with Crippen LogP contribution in [-0.2, 0) is 7.05 Å². The molecule has 2 heterocycles. The Hall–Kier alpha value is -1.38. The zero-order valence-corrected chi connectivity index (χ0v) is 6.57. The zero-order valence-electron chi connectivity index (χ0n) is 6.57. The molecule has 0 unspecified atom stereocenters. The molecule has 0 spiro atoms. The first kappa shape index (κ1) is 6.34. The van der Waals surface area contributed by atoms with E-state index in [4.69, 9.17) is 0 Å². The molecule has 2 aromatic heterocycles. The highest BCUT2D eigenvalue weighted by Crippen LogP contribution is 2.14. The third-order valence-corrected chi connectivity index (χ3v) is 1.84. The molecule has 3 heteroatoms. The van der Waals surface area contributed by atoms with E-state index in [0.717, 1.165) is 11.2 Å². The molecular weight excluding hydrogens is 138 g/mol. The molecule has 0 aromatic carbocycles. The molecule has 0 radical (unpaired) electrons. The highest BCUT2D eigenvalue weighted by Gasteiger charge is 2.01. The van der Waals surface area contributed by atoms with E-state index in [-0.39, 0.29) is 0 Å². The lowest BCUT2D eigenvalue weighted by Crippen LogP contribution is -1.89. The Morgan fingerprint density at radius 1 is 1.45 bits per heavy atom. The van der Waals surface area contributed by atoms with Gasteiger partial charge in [-0.05, 0) is 13.0 Å². The van der Waals surface area contributed by atoms with Gasteiger partial charge in [-0.15, -0.1) is 0 Å². The van der Waals surface area contributed by atoms with Crippen LogP contribution < -0.4 is 0 Å². The Morgan fingerprint density at radius 2 is 2.27 bits per heavy atom. The second kappa shape index (κ2) is 2.05. The number of aryl methyl sites for hydroxylation is 2. The van der Waals surface area contributed by atoms with E-state index < -0.39 is 0 Å². The Morgan fingerprint density at radius 3 is 3.00 bits per heavy atom. The number of hydrogen-bond donors (Lipinski definition) is 0. The minimum atomic E-state index is 1.06. The maximum atomic E-state index is 4.27. The number of fused-ring (bicyclic) bond motifs is 1. The topological polar surface area (TPSA) is 30.7 Å². The van der Waals surface area contributed by atoms with Crippen LogP contribution in [0, 0.1) is 6.92 Å². The fourth-order valence-electron chi connectivity index (χ4n) is 1.28. The second-order valence-electron chi connectivity index (χ2n) is 2.60. The fraction of sp³-hybridized carbons (Fsp3) is 0.250. The summed E-state index contributed by atoms with van der Waals surface area (Å²) >= 11 is 0. The number of nitrogens with zero attached hydrogens (tertiary/aromatic N) is 3. The summed E-state index contributed by atoms with van der Waals surface area (Å²) in [6.07, 6.45) is 3.62. The monoisotopic (exact) mass is 147 g/mol. The van der Waals surface area contributed by atoms with Gasteiger partial charge in [0.2, 0.25) is 0 Å². The average Bonchev–Trinajstić information content (AvgIpc) is 2.30. The molecule has 0 amide bonds. The molecule has 0 atom stereocenters. The second-order valence-corrected chi connectivity index (χ2v) is 2.60. The van der Waals surface area contributed by atoms with E-state index in [2.05, 4.69) is 10.1 Å². The molecule has 0 aliphatic rings. The highest BCUT2D eigenvalue weighted by molar-refractivity contribution is 5.80. The maximum absolute atomic E-state index is 4.27. The smallest absolute Gasteiger partial charge is 0.0865 e. The van der Waals surface area contributed by atoms with Crippen molar-refractivity contribution in [1.29, 1.82) is 0 Å². The van der Waals surface area contributed by atoms with Crippen LogP contribution in [0.25, 0.3) is 10.9 Å². The van der Waals surface area contributed by atoms with Crippen molar-refractivity contribution in [3.8, 4) is 0 Å². The molecule has 2 rings (SSSR count). The van der Waals surface area contributed by atoms with Crippen LogP contribution in [0.3, 0.4) is 0 Å². The molecule has 0 aliphatic carbocycles. The van der Waals surface area contributed by atoms with Crippen molar-refractivity contribution < 1.29 is 0 Å². The molecule has 3 nitrogen and oxygen atoms in total. The molecule has 0 aliphatic heterocycles. The molecule has 0 N–H and O–H groups in total. The fourth-order valence-corrected chi connectivity index (χ4v) is 1.28. The number of hydrogen-bond acceptors (Lipinski definition) is 2. The van der Waals surface area contributed by atoms with Gasteiger partial charge in [-0.25, -0.2) is 0 Å². The van der Waals surface area contributed by atoms with Gasteiger partial charge in [0, 0.05) is 18.6 Å². The SMILES string of the molecule is Cc1nn(C)c2cnccc12. The van der Waals surface area contributed by atoms with E-state index in [9.17, 15) is 0 Å². The van der Waals surface area contributed by atoms with Gasteiger partial charge in [0.1, 0.15) is 0 Å². The van der Waals surface area contributed by atoms with Gasteiger partial charge in [-0.1, -0.05) is 0 Å². The summed E-state index contributed by atoms with van der Waals surface area (Å²) in [6.45, 7) is 2.00. The first-order chi connectivity index (χ1) is 5.29. The first-order valence-electron chi connectivity index (χ1n) is 3.52. The lowest BCUT2D eigenvalue weighted by Gasteiger charge is -1.89. The van der Waals surface area contributed by atoms with Crippen LogP contribution in [0.5, 0.6) is 0 Å².